The summed E-state index contributed by atoms with van der Waals surface area (Å²) < 4.78 is 21.5. The normalized spacial score (nSPS) is 11.1. The van der Waals surface area contributed by atoms with Gasteiger partial charge in [0.2, 0.25) is 0 Å². The van der Waals surface area contributed by atoms with Crippen molar-refractivity contribution in [2.45, 2.75) is 33.6 Å². The molecule has 7 nitrogen and oxygen atoms in total. The Morgan fingerprint density at radius 2 is 1.68 bits per heavy atom. The molecule has 0 saturated carbocycles. The van der Waals surface area contributed by atoms with Crippen molar-refractivity contribution in [3.8, 4) is 23.3 Å². The fraction of sp³-hybridized carbons (Fsp3) is 0.296. The average molecular weight is 464 g/mol. The van der Waals surface area contributed by atoms with Gasteiger partial charge in [0.05, 0.1) is 19.8 Å². The van der Waals surface area contributed by atoms with Crippen molar-refractivity contribution < 1.29 is 28.5 Å². The van der Waals surface area contributed by atoms with Crippen molar-refractivity contribution in [1.82, 2.24) is 0 Å². The van der Waals surface area contributed by atoms with E-state index in [4.69, 9.17) is 18.9 Å². The Hall–Kier alpha value is -4.05. The minimum Gasteiger partial charge on any atom is -0.494 e. The first-order valence-electron chi connectivity index (χ1n) is 11.2. The van der Waals surface area contributed by atoms with Gasteiger partial charge in [-0.15, -0.1) is 0 Å². The molecule has 0 heterocycles. The molecule has 0 aromatic heterocycles. The third-order valence-corrected chi connectivity index (χ3v) is 4.46. The number of hydrogen-bond acceptors (Lipinski definition) is 7. The molecule has 0 atom stereocenters. The summed E-state index contributed by atoms with van der Waals surface area (Å²) in [7, 11) is 0. The minimum absolute atomic E-state index is 0.140. The first kappa shape index (κ1) is 26.2. The summed E-state index contributed by atoms with van der Waals surface area (Å²) in [5, 5.41) is 9.21. The molecule has 0 amide bonds. The number of carbonyl (C=O) groups excluding carboxylic acids is 2. The van der Waals surface area contributed by atoms with Crippen LogP contribution in [0.3, 0.4) is 0 Å². The van der Waals surface area contributed by atoms with Crippen LogP contribution in [0.2, 0.25) is 0 Å². The van der Waals surface area contributed by atoms with E-state index >= 15 is 0 Å². The van der Waals surface area contributed by atoms with Crippen molar-refractivity contribution in [3.05, 3.63) is 65.2 Å². The average Bonchev–Trinajstić information content (AvgIpc) is 2.84. The second kappa shape index (κ2) is 14.2. The van der Waals surface area contributed by atoms with E-state index in [9.17, 15) is 14.9 Å². The SMILES string of the molecule is CCCCOc1ccc(C=CC(=O)Oc2ccc(C=C(C#N)C(=O)OCC)cc2OCC)cc1. The molecule has 0 saturated heterocycles. The van der Waals surface area contributed by atoms with Gasteiger partial charge in [-0.25, -0.2) is 9.59 Å². The second-order valence-electron chi connectivity index (χ2n) is 7.05. The van der Waals surface area contributed by atoms with Crippen molar-refractivity contribution in [3.63, 3.8) is 0 Å². The van der Waals surface area contributed by atoms with Crippen molar-refractivity contribution >= 4 is 24.1 Å². The summed E-state index contributed by atoms with van der Waals surface area (Å²) in [4.78, 5) is 24.2. The third-order valence-electron chi connectivity index (χ3n) is 4.46. The number of benzene rings is 2. The fourth-order valence-corrected chi connectivity index (χ4v) is 2.80. The first-order chi connectivity index (χ1) is 16.5. The largest absolute Gasteiger partial charge is 0.494 e. The molecule has 0 aliphatic heterocycles. The van der Waals surface area contributed by atoms with Gasteiger partial charge in [-0.1, -0.05) is 31.5 Å². The van der Waals surface area contributed by atoms with Gasteiger partial charge in [0.25, 0.3) is 0 Å². The van der Waals surface area contributed by atoms with Gasteiger partial charge in [0.1, 0.15) is 17.4 Å². The molecule has 0 unspecified atom stereocenters. The van der Waals surface area contributed by atoms with Gasteiger partial charge < -0.3 is 18.9 Å². The molecular formula is C27H29NO6. The summed E-state index contributed by atoms with van der Waals surface area (Å²) in [6, 6.07) is 14.0. The molecule has 0 aliphatic carbocycles. The quantitative estimate of drug-likeness (QED) is 0.138. The zero-order valence-electron chi connectivity index (χ0n) is 19.7. The highest BCUT2D eigenvalue weighted by molar-refractivity contribution is 5.98. The summed E-state index contributed by atoms with van der Waals surface area (Å²) >= 11 is 0. The molecule has 0 aliphatic rings. The van der Waals surface area contributed by atoms with E-state index in [-0.39, 0.29) is 17.9 Å². The lowest BCUT2D eigenvalue weighted by Gasteiger charge is -2.10. The van der Waals surface area contributed by atoms with Gasteiger partial charge in [-0.05, 0) is 67.8 Å². The monoisotopic (exact) mass is 463 g/mol. The summed E-state index contributed by atoms with van der Waals surface area (Å²) in [6.07, 6.45) is 6.43. The summed E-state index contributed by atoms with van der Waals surface area (Å²) in [5.74, 6) is 0.0442. The number of ether oxygens (including phenoxy) is 4. The van der Waals surface area contributed by atoms with Crippen molar-refractivity contribution in [1.29, 1.82) is 5.26 Å². The van der Waals surface area contributed by atoms with Crippen LogP contribution in [-0.2, 0) is 14.3 Å². The zero-order chi connectivity index (χ0) is 24.8. The maximum Gasteiger partial charge on any atom is 0.348 e. The molecular weight excluding hydrogens is 434 g/mol. The standard InChI is InChI=1S/C27H29NO6/c1-4-7-16-33-23-12-8-20(9-13-23)11-15-26(29)34-24-14-10-21(18-25(24)31-5-2)17-22(19-28)27(30)32-6-3/h8-15,17-18H,4-7,16H2,1-3H3. The van der Waals surface area contributed by atoms with Gasteiger partial charge in [-0.3, -0.25) is 0 Å². The van der Waals surface area contributed by atoms with Crippen LogP contribution in [-0.4, -0.2) is 31.8 Å². The maximum atomic E-state index is 12.3. The first-order valence-corrected chi connectivity index (χ1v) is 11.2. The lowest BCUT2D eigenvalue weighted by Crippen LogP contribution is -2.07. The predicted octanol–water partition coefficient (Wildman–Crippen LogP) is 5.35. The Morgan fingerprint density at radius 3 is 2.32 bits per heavy atom. The van der Waals surface area contributed by atoms with Crippen LogP contribution in [0, 0.1) is 11.3 Å². The molecule has 2 rings (SSSR count). The molecule has 2 aromatic rings. The Kier molecular flexibility index (Phi) is 10.9. The lowest BCUT2D eigenvalue weighted by molar-refractivity contribution is -0.138. The van der Waals surface area contributed by atoms with Gasteiger partial charge >= 0.3 is 11.9 Å². The second-order valence-corrected chi connectivity index (χ2v) is 7.05. The van der Waals surface area contributed by atoms with Crippen molar-refractivity contribution in [2.24, 2.45) is 0 Å². The Bertz CT molecular complexity index is 1060. The highest BCUT2D eigenvalue weighted by atomic mass is 16.6. The molecule has 0 fully saturated rings. The molecule has 178 valence electrons. The number of nitriles is 1. The molecule has 0 N–H and O–H groups in total. The van der Waals surface area contributed by atoms with Crippen molar-refractivity contribution in [2.75, 3.05) is 19.8 Å². The maximum absolute atomic E-state index is 12.3. The highest BCUT2D eigenvalue weighted by Crippen LogP contribution is 2.30. The number of esters is 2. The molecule has 2 aromatic carbocycles. The van der Waals surface area contributed by atoms with E-state index in [2.05, 4.69) is 6.92 Å². The number of unbranched alkanes of at least 4 members (excludes halogenated alkanes) is 1. The Labute approximate surface area is 200 Å². The van der Waals surface area contributed by atoms with Crippen LogP contribution in [0.15, 0.2) is 54.1 Å². The molecule has 0 radical (unpaired) electrons. The molecule has 7 heteroatoms. The van der Waals surface area contributed by atoms with E-state index < -0.39 is 11.9 Å². The van der Waals surface area contributed by atoms with Crippen LogP contribution in [0.4, 0.5) is 0 Å². The fourth-order valence-electron chi connectivity index (χ4n) is 2.80. The van der Waals surface area contributed by atoms with E-state index in [0.717, 1.165) is 24.2 Å². The Balaban J connectivity index is 2.09. The van der Waals surface area contributed by atoms with Gasteiger partial charge in [0, 0.05) is 6.08 Å². The number of carbonyl (C=O) groups is 2. The van der Waals surface area contributed by atoms with E-state index in [1.807, 2.05) is 30.3 Å². The summed E-state index contributed by atoms with van der Waals surface area (Å²) in [6.45, 7) is 6.74. The van der Waals surface area contributed by atoms with Crippen LogP contribution < -0.4 is 14.2 Å². The summed E-state index contributed by atoms with van der Waals surface area (Å²) in [5.41, 5.74) is 1.22. The highest BCUT2D eigenvalue weighted by Gasteiger charge is 2.13. The predicted molar refractivity (Wildman–Crippen MR) is 129 cm³/mol. The number of hydrogen-bond donors (Lipinski definition) is 0. The van der Waals surface area contributed by atoms with E-state index in [1.165, 1.54) is 12.2 Å². The minimum atomic E-state index is -0.704. The van der Waals surface area contributed by atoms with Gasteiger partial charge in [0.15, 0.2) is 11.5 Å². The topological polar surface area (TPSA) is 94.9 Å². The van der Waals surface area contributed by atoms with Crippen LogP contribution in [0.1, 0.15) is 44.7 Å². The Morgan fingerprint density at radius 1 is 0.941 bits per heavy atom. The van der Waals surface area contributed by atoms with E-state index in [1.54, 1.807) is 38.1 Å². The third kappa shape index (κ3) is 8.47. The smallest absolute Gasteiger partial charge is 0.348 e. The number of rotatable bonds is 12. The van der Waals surface area contributed by atoms with Crippen LogP contribution in [0.5, 0.6) is 17.2 Å². The lowest BCUT2D eigenvalue weighted by atomic mass is 10.1. The van der Waals surface area contributed by atoms with E-state index in [0.29, 0.717) is 24.5 Å². The van der Waals surface area contributed by atoms with Gasteiger partial charge in [-0.2, -0.15) is 5.26 Å². The zero-order valence-corrected chi connectivity index (χ0v) is 19.7. The number of nitrogens with zero attached hydrogens (tertiary/aromatic N) is 1. The molecule has 34 heavy (non-hydrogen) atoms. The van der Waals surface area contributed by atoms with Crippen LogP contribution >= 0.6 is 0 Å². The molecule has 0 bridgehead atoms. The molecule has 0 spiro atoms. The van der Waals surface area contributed by atoms with Crippen LogP contribution in [0.25, 0.3) is 12.2 Å².